The molecule has 1 aromatic heterocycles. The van der Waals surface area contributed by atoms with Crippen LogP contribution in [0.2, 0.25) is 0 Å². The molecule has 3 rings (SSSR count). The summed E-state index contributed by atoms with van der Waals surface area (Å²) in [4.78, 5) is 25.6. The average molecular weight is 315 g/mol. The molecule has 120 valence electrons. The van der Waals surface area contributed by atoms with E-state index < -0.39 is 17.9 Å². The van der Waals surface area contributed by atoms with Gasteiger partial charge in [0.1, 0.15) is 18.4 Å². The minimum absolute atomic E-state index is 0.127. The molecule has 0 fully saturated rings. The van der Waals surface area contributed by atoms with Gasteiger partial charge in [0.15, 0.2) is 5.76 Å². The van der Waals surface area contributed by atoms with Gasteiger partial charge in [-0.15, -0.1) is 0 Å². The van der Waals surface area contributed by atoms with Crippen LogP contribution in [0.5, 0.6) is 0 Å². The van der Waals surface area contributed by atoms with Crippen LogP contribution in [-0.4, -0.2) is 35.0 Å². The molecule has 0 saturated heterocycles. The second kappa shape index (κ2) is 6.26. The molecular formula is C17H17NO5. The Bertz CT molecular complexity index is 736. The Morgan fingerprint density at radius 3 is 2.70 bits per heavy atom. The fourth-order valence-electron chi connectivity index (χ4n) is 2.81. The molecule has 1 N–H and O–H groups in total. The van der Waals surface area contributed by atoms with Gasteiger partial charge in [0.25, 0.3) is 5.91 Å². The normalized spacial score (nSPS) is 16.9. The topological polar surface area (TPSA) is 80.0 Å². The number of carboxylic acid groups (broad SMARTS) is 1. The first-order valence-corrected chi connectivity index (χ1v) is 7.28. The first-order valence-electron chi connectivity index (χ1n) is 7.28. The van der Waals surface area contributed by atoms with E-state index in [-0.39, 0.29) is 18.9 Å². The van der Waals surface area contributed by atoms with Crippen molar-refractivity contribution >= 4 is 11.9 Å². The van der Waals surface area contributed by atoms with E-state index in [1.807, 2.05) is 24.3 Å². The van der Waals surface area contributed by atoms with Crippen molar-refractivity contribution < 1.29 is 23.8 Å². The number of carbonyl (C=O) groups excluding carboxylic acids is 1. The number of carbonyl (C=O) groups is 2. The van der Waals surface area contributed by atoms with E-state index in [0.29, 0.717) is 12.2 Å². The standard InChI is InChI=1S/C17H17NO5/c1-22-10-13-6-7-15(23-13)16(19)18-9-12-5-3-2-4-11(12)8-14(18)17(20)21/h2-7,14H,8-10H2,1H3,(H,20,21)/t14-/m1/s1. The van der Waals surface area contributed by atoms with Gasteiger partial charge in [0.2, 0.25) is 0 Å². The molecule has 0 aliphatic carbocycles. The van der Waals surface area contributed by atoms with Crippen molar-refractivity contribution in [3.63, 3.8) is 0 Å². The van der Waals surface area contributed by atoms with E-state index in [1.54, 1.807) is 12.1 Å². The SMILES string of the molecule is COCc1ccc(C(=O)N2Cc3ccccc3C[C@@H]2C(=O)O)o1. The van der Waals surface area contributed by atoms with Crippen molar-refractivity contribution in [2.75, 3.05) is 7.11 Å². The van der Waals surface area contributed by atoms with Crippen molar-refractivity contribution in [1.29, 1.82) is 0 Å². The van der Waals surface area contributed by atoms with Gasteiger partial charge in [-0.1, -0.05) is 24.3 Å². The van der Waals surface area contributed by atoms with Gasteiger partial charge in [-0.25, -0.2) is 4.79 Å². The van der Waals surface area contributed by atoms with E-state index in [9.17, 15) is 14.7 Å². The molecule has 1 aromatic carbocycles. The smallest absolute Gasteiger partial charge is 0.326 e. The molecule has 0 saturated carbocycles. The highest BCUT2D eigenvalue weighted by Crippen LogP contribution is 2.25. The van der Waals surface area contributed by atoms with Crippen LogP contribution in [0.25, 0.3) is 0 Å². The second-order valence-electron chi connectivity index (χ2n) is 5.46. The predicted molar refractivity (Wildman–Crippen MR) is 80.9 cm³/mol. The number of benzene rings is 1. The summed E-state index contributed by atoms with van der Waals surface area (Å²) in [6.45, 7) is 0.519. The largest absolute Gasteiger partial charge is 0.480 e. The Morgan fingerprint density at radius 1 is 1.26 bits per heavy atom. The Hall–Kier alpha value is -2.60. The third-order valence-electron chi connectivity index (χ3n) is 3.95. The molecule has 2 aromatic rings. The third-order valence-corrected chi connectivity index (χ3v) is 3.95. The zero-order chi connectivity index (χ0) is 16.4. The van der Waals surface area contributed by atoms with E-state index in [1.165, 1.54) is 12.0 Å². The van der Waals surface area contributed by atoms with Crippen LogP contribution < -0.4 is 0 Å². The first kappa shape index (κ1) is 15.3. The Balaban J connectivity index is 1.89. The van der Waals surface area contributed by atoms with Crippen LogP contribution in [0.4, 0.5) is 0 Å². The summed E-state index contributed by atoms with van der Waals surface area (Å²) in [6.07, 6.45) is 0.295. The van der Waals surface area contributed by atoms with E-state index in [2.05, 4.69) is 0 Å². The number of nitrogens with zero attached hydrogens (tertiary/aromatic N) is 1. The molecule has 1 atom stereocenters. The molecule has 23 heavy (non-hydrogen) atoms. The summed E-state index contributed by atoms with van der Waals surface area (Å²) in [5.74, 6) is -0.784. The number of amides is 1. The lowest BCUT2D eigenvalue weighted by molar-refractivity contribution is -0.142. The second-order valence-corrected chi connectivity index (χ2v) is 5.46. The van der Waals surface area contributed by atoms with Gasteiger partial charge in [-0.05, 0) is 23.3 Å². The van der Waals surface area contributed by atoms with Crippen molar-refractivity contribution in [1.82, 2.24) is 4.90 Å². The first-order chi connectivity index (χ1) is 11.1. The lowest BCUT2D eigenvalue weighted by atomic mass is 9.94. The van der Waals surface area contributed by atoms with Gasteiger partial charge in [-0.2, -0.15) is 0 Å². The molecule has 2 heterocycles. The maximum Gasteiger partial charge on any atom is 0.326 e. The molecule has 1 aliphatic heterocycles. The Kier molecular flexibility index (Phi) is 4.16. The monoisotopic (exact) mass is 315 g/mol. The van der Waals surface area contributed by atoms with E-state index in [4.69, 9.17) is 9.15 Å². The van der Waals surface area contributed by atoms with Crippen LogP contribution in [0.15, 0.2) is 40.8 Å². The maximum absolute atomic E-state index is 12.7. The number of hydrogen-bond acceptors (Lipinski definition) is 4. The fourth-order valence-corrected chi connectivity index (χ4v) is 2.81. The Labute approximate surface area is 133 Å². The molecule has 0 bridgehead atoms. The van der Waals surface area contributed by atoms with Crippen molar-refractivity contribution in [3.05, 3.63) is 59.0 Å². The fraction of sp³-hybridized carbons (Fsp3) is 0.294. The van der Waals surface area contributed by atoms with Crippen LogP contribution in [-0.2, 0) is 29.1 Å². The van der Waals surface area contributed by atoms with Crippen LogP contribution in [0.1, 0.15) is 27.4 Å². The van der Waals surface area contributed by atoms with E-state index >= 15 is 0 Å². The minimum Gasteiger partial charge on any atom is -0.480 e. The van der Waals surface area contributed by atoms with E-state index in [0.717, 1.165) is 11.1 Å². The van der Waals surface area contributed by atoms with Crippen LogP contribution in [0.3, 0.4) is 0 Å². The number of methoxy groups -OCH3 is 1. The molecule has 6 nitrogen and oxygen atoms in total. The summed E-state index contributed by atoms with van der Waals surface area (Å²) in [5, 5.41) is 9.47. The number of furan rings is 1. The zero-order valence-corrected chi connectivity index (χ0v) is 12.7. The highest BCUT2D eigenvalue weighted by atomic mass is 16.5. The summed E-state index contributed by atoms with van der Waals surface area (Å²) in [5.41, 5.74) is 1.92. The summed E-state index contributed by atoms with van der Waals surface area (Å²) >= 11 is 0. The zero-order valence-electron chi connectivity index (χ0n) is 12.7. The summed E-state index contributed by atoms with van der Waals surface area (Å²) < 4.78 is 10.4. The van der Waals surface area contributed by atoms with Crippen molar-refractivity contribution in [2.45, 2.75) is 25.6 Å². The molecular weight excluding hydrogens is 298 g/mol. The highest BCUT2D eigenvalue weighted by Gasteiger charge is 2.35. The maximum atomic E-state index is 12.7. The molecule has 1 aliphatic rings. The lowest BCUT2D eigenvalue weighted by Gasteiger charge is -2.33. The van der Waals surface area contributed by atoms with Crippen LogP contribution in [0, 0.1) is 0 Å². The third kappa shape index (κ3) is 2.98. The van der Waals surface area contributed by atoms with Crippen molar-refractivity contribution in [3.8, 4) is 0 Å². The number of hydrogen-bond donors (Lipinski definition) is 1. The number of fused-ring (bicyclic) bond motifs is 1. The molecule has 0 radical (unpaired) electrons. The van der Waals surface area contributed by atoms with Crippen molar-refractivity contribution in [2.24, 2.45) is 0 Å². The lowest BCUT2D eigenvalue weighted by Crippen LogP contribution is -2.48. The summed E-state index contributed by atoms with van der Waals surface area (Å²) in [6, 6.07) is 9.88. The van der Waals surface area contributed by atoms with Gasteiger partial charge in [0.05, 0.1) is 0 Å². The van der Waals surface area contributed by atoms with Gasteiger partial charge >= 0.3 is 5.97 Å². The number of ether oxygens (including phenoxy) is 1. The molecule has 1 amide bonds. The molecule has 0 unspecified atom stereocenters. The predicted octanol–water partition coefficient (Wildman–Crippen LogP) is 2.08. The number of rotatable bonds is 4. The Morgan fingerprint density at radius 2 is 2.00 bits per heavy atom. The average Bonchev–Trinajstić information content (AvgIpc) is 3.02. The molecule has 6 heteroatoms. The van der Waals surface area contributed by atoms with Gasteiger partial charge < -0.3 is 19.2 Å². The summed E-state index contributed by atoms with van der Waals surface area (Å²) in [7, 11) is 1.53. The van der Waals surface area contributed by atoms with Gasteiger partial charge in [-0.3, -0.25) is 4.79 Å². The number of aliphatic carboxylic acids is 1. The molecule has 0 spiro atoms. The van der Waals surface area contributed by atoms with Crippen LogP contribution >= 0.6 is 0 Å². The number of carboxylic acids is 1. The van der Waals surface area contributed by atoms with Gasteiger partial charge in [0, 0.05) is 20.1 Å². The quantitative estimate of drug-likeness (QED) is 0.934. The minimum atomic E-state index is -1.02. The highest BCUT2D eigenvalue weighted by molar-refractivity contribution is 5.94.